The molecule has 2 aromatic rings. The van der Waals surface area contributed by atoms with E-state index in [0.29, 0.717) is 17.3 Å². The van der Waals surface area contributed by atoms with Gasteiger partial charge in [-0.3, -0.25) is 4.79 Å². The summed E-state index contributed by atoms with van der Waals surface area (Å²) < 4.78 is 14.3. The van der Waals surface area contributed by atoms with E-state index in [1.165, 1.54) is 12.1 Å². The van der Waals surface area contributed by atoms with Gasteiger partial charge < -0.3 is 15.3 Å². The second-order valence-corrected chi connectivity index (χ2v) is 8.89. The molecule has 0 radical (unpaired) electrons. The van der Waals surface area contributed by atoms with E-state index in [9.17, 15) is 14.3 Å². The van der Waals surface area contributed by atoms with Gasteiger partial charge in [-0.25, -0.2) is 4.39 Å². The lowest BCUT2D eigenvalue weighted by molar-refractivity contribution is -0.124. The van der Waals surface area contributed by atoms with Gasteiger partial charge in [0.25, 0.3) is 0 Å². The van der Waals surface area contributed by atoms with Crippen LogP contribution in [0.15, 0.2) is 42.5 Å². The highest BCUT2D eigenvalue weighted by Crippen LogP contribution is 2.52. The molecular formula is C24H28ClFN2O2. The number of anilines is 1. The first-order valence-corrected chi connectivity index (χ1v) is 11.1. The lowest BCUT2D eigenvalue weighted by Crippen LogP contribution is -2.47. The number of likely N-dealkylation sites (N-methyl/N-ethyl adjacent to an activating group) is 1. The molecule has 30 heavy (non-hydrogen) atoms. The SMILES string of the molecule is CNCC(O)C(c1cccc(Cl)c1)N1C(=O)C2(CCCCCC2)c2ccc(F)cc21. The van der Waals surface area contributed by atoms with Crippen LogP contribution in [0.25, 0.3) is 0 Å². The van der Waals surface area contributed by atoms with Crippen LogP contribution in [0.2, 0.25) is 5.02 Å². The van der Waals surface area contributed by atoms with E-state index in [0.717, 1.165) is 49.7 Å². The number of hydrogen-bond acceptors (Lipinski definition) is 3. The maximum Gasteiger partial charge on any atom is 0.238 e. The number of aliphatic hydroxyl groups is 1. The number of nitrogens with one attached hydrogen (secondary N) is 1. The van der Waals surface area contributed by atoms with E-state index in [1.54, 1.807) is 30.1 Å². The minimum atomic E-state index is -0.880. The van der Waals surface area contributed by atoms with Gasteiger partial charge >= 0.3 is 0 Å². The van der Waals surface area contributed by atoms with Gasteiger partial charge in [0.2, 0.25) is 5.91 Å². The zero-order valence-corrected chi connectivity index (χ0v) is 18.0. The summed E-state index contributed by atoms with van der Waals surface area (Å²) in [5, 5.41) is 14.6. The molecule has 2 N–H and O–H groups in total. The predicted molar refractivity (Wildman–Crippen MR) is 117 cm³/mol. The fourth-order valence-electron chi connectivity index (χ4n) is 5.21. The van der Waals surface area contributed by atoms with E-state index in [2.05, 4.69) is 5.32 Å². The Hall–Kier alpha value is -1.95. The van der Waals surface area contributed by atoms with Crippen LogP contribution in [0.1, 0.15) is 55.7 Å². The van der Waals surface area contributed by atoms with Crippen molar-refractivity contribution >= 4 is 23.2 Å². The fourth-order valence-corrected chi connectivity index (χ4v) is 5.41. The van der Waals surface area contributed by atoms with Gasteiger partial charge in [0, 0.05) is 11.6 Å². The maximum absolute atomic E-state index is 14.3. The average molecular weight is 431 g/mol. The van der Waals surface area contributed by atoms with Crippen molar-refractivity contribution in [2.75, 3.05) is 18.5 Å². The molecule has 1 fully saturated rings. The molecule has 1 amide bonds. The Balaban J connectivity index is 1.88. The lowest BCUT2D eigenvalue weighted by Gasteiger charge is -2.35. The number of fused-ring (bicyclic) bond motifs is 2. The van der Waals surface area contributed by atoms with Gasteiger partial charge in [0.15, 0.2) is 0 Å². The van der Waals surface area contributed by atoms with Crippen molar-refractivity contribution < 1.29 is 14.3 Å². The first-order valence-electron chi connectivity index (χ1n) is 10.7. The highest BCUT2D eigenvalue weighted by atomic mass is 35.5. The van der Waals surface area contributed by atoms with Gasteiger partial charge in [-0.1, -0.05) is 55.5 Å². The van der Waals surface area contributed by atoms with E-state index in [-0.39, 0.29) is 11.7 Å². The zero-order chi connectivity index (χ0) is 21.3. The minimum absolute atomic E-state index is 0.0369. The molecule has 2 unspecified atom stereocenters. The molecule has 0 bridgehead atoms. The summed E-state index contributed by atoms with van der Waals surface area (Å²) >= 11 is 6.24. The molecule has 0 saturated heterocycles. The Labute approximate surface area is 182 Å². The molecule has 4 nitrogen and oxygen atoms in total. The van der Waals surface area contributed by atoms with Gasteiger partial charge in [0.1, 0.15) is 5.82 Å². The van der Waals surface area contributed by atoms with Crippen LogP contribution >= 0.6 is 11.6 Å². The van der Waals surface area contributed by atoms with Gasteiger partial charge in [-0.05, 0) is 55.3 Å². The largest absolute Gasteiger partial charge is 0.389 e. The van der Waals surface area contributed by atoms with Crippen LogP contribution in [0.5, 0.6) is 0 Å². The topological polar surface area (TPSA) is 52.6 Å². The molecule has 0 aromatic heterocycles. The van der Waals surface area contributed by atoms with Gasteiger partial charge in [0.05, 0.1) is 23.2 Å². The average Bonchev–Trinajstić information content (AvgIpc) is 2.88. The van der Waals surface area contributed by atoms with Gasteiger partial charge in [-0.15, -0.1) is 0 Å². The summed E-state index contributed by atoms with van der Waals surface area (Å²) in [5.41, 5.74) is 1.55. The molecule has 160 valence electrons. The molecule has 1 aliphatic carbocycles. The number of carbonyl (C=O) groups excluding carboxylic acids is 1. The van der Waals surface area contributed by atoms with Crippen molar-refractivity contribution in [2.24, 2.45) is 0 Å². The van der Waals surface area contributed by atoms with Crippen LogP contribution in [-0.4, -0.2) is 30.7 Å². The minimum Gasteiger partial charge on any atom is -0.389 e. The van der Waals surface area contributed by atoms with E-state index >= 15 is 0 Å². The summed E-state index contributed by atoms with van der Waals surface area (Å²) in [4.78, 5) is 15.7. The van der Waals surface area contributed by atoms with Crippen LogP contribution in [0, 0.1) is 5.82 Å². The summed E-state index contributed by atoms with van der Waals surface area (Å²) in [6.45, 7) is 0.290. The molecule has 4 rings (SSSR count). The summed E-state index contributed by atoms with van der Waals surface area (Å²) in [7, 11) is 1.75. The number of aliphatic hydroxyl groups excluding tert-OH is 1. The Morgan fingerprint density at radius 3 is 2.57 bits per heavy atom. The quantitative estimate of drug-likeness (QED) is 0.720. The normalized spacial score (nSPS) is 20.1. The Kier molecular flexibility index (Phi) is 6.14. The van der Waals surface area contributed by atoms with Crippen LogP contribution in [0.4, 0.5) is 10.1 Å². The smallest absolute Gasteiger partial charge is 0.238 e. The molecule has 2 atom stereocenters. The summed E-state index contributed by atoms with van der Waals surface area (Å²) in [5.74, 6) is -0.421. The molecule has 2 aliphatic rings. The Bertz CT molecular complexity index is 927. The standard InChI is InChI=1S/C24H28ClFN2O2/c1-27-15-21(29)22(16-7-6-8-17(25)13-16)28-20-14-18(26)9-10-19(20)24(23(28)30)11-4-2-3-5-12-24/h6-10,13-14,21-22,27,29H,2-5,11-12,15H2,1H3. The Morgan fingerprint density at radius 2 is 1.90 bits per heavy atom. The first-order chi connectivity index (χ1) is 14.5. The first kappa shape index (κ1) is 21.3. The second-order valence-electron chi connectivity index (χ2n) is 8.46. The van der Waals surface area contributed by atoms with Crippen molar-refractivity contribution in [1.82, 2.24) is 5.32 Å². The van der Waals surface area contributed by atoms with Crippen molar-refractivity contribution in [3.63, 3.8) is 0 Å². The van der Waals surface area contributed by atoms with Gasteiger partial charge in [-0.2, -0.15) is 0 Å². The fraction of sp³-hybridized carbons (Fsp3) is 0.458. The summed E-state index contributed by atoms with van der Waals surface area (Å²) in [6, 6.07) is 11.2. The lowest BCUT2D eigenvalue weighted by atomic mass is 9.75. The van der Waals surface area contributed by atoms with Crippen LogP contribution in [0.3, 0.4) is 0 Å². The van der Waals surface area contributed by atoms with Crippen molar-refractivity contribution in [3.05, 3.63) is 64.4 Å². The van der Waals surface area contributed by atoms with Crippen molar-refractivity contribution in [1.29, 1.82) is 0 Å². The van der Waals surface area contributed by atoms with Crippen molar-refractivity contribution in [3.8, 4) is 0 Å². The third-order valence-electron chi connectivity index (χ3n) is 6.57. The number of benzene rings is 2. The Morgan fingerprint density at radius 1 is 1.17 bits per heavy atom. The molecule has 6 heteroatoms. The number of rotatable bonds is 5. The molecule has 2 aromatic carbocycles. The zero-order valence-electron chi connectivity index (χ0n) is 17.2. The molecule has 1 aliphatic heterocycles. The number of halogens is 2. The van der Waals surface area contributed by atoms with E-state index in [1.807, 2.05) is 12.1 Å². The number of carbonyl (C=O) groups is 1. The highest BCUT2D eigenvalue weighted by molar-refractivity contribution is 6.30. The highest BCUT2D eigenvalue weighted by Gasteiger charge is 2.53. The third-order valence-corrected chi connectivity index (χ3v) is 6.80. The van der Waals surface area contributed by atoms with E-state index < -0.39 is 17.6 Å². The monoisotopic (exact) mass is 430 g/mol. The molecule has 1 spiro atoms. The predicted octanol–water partition coefficient (Wildman–Crippen LogP) is 4.74. The maximum atomic E-state index is 14.3. The van der Waals surface area contributed by atoms with Crippen LogP contribution in [-0.2, 0) is 10.2 Å². The molecular weight excluding hydrogens is 403 g/mol. The molecule has 1 heterocycles. The summed E-state index contributed by atoms with van der Waals surface area (Å²) in [6.07, 6.45) is 4.78. The molecule has 1 saturated carbocycles. The number of hydrogen-bond donors (Lipinski definition) is 2. The number of amides is 1. The van der Waals surface area contributed by atoms with E-state index in [4.69, 9.17) is 11.6 Å². The number of nitrogens with zero attached hydrogens (tertiary/aromatic N) is 1. The van der Waals surface area contributed by atoms with Crippen LogP contribution < -0.4 is 10.2 Å². The third kappa shape index (κ3) is 3.64. The van der Waals surface area contributed by atoms with Crippen molar-refractivity contribution in [2.45, 2.75) is 56.1 Å². The second kappa shape index (κ2) is 8.66.